The Bertz CT molecular complexity index is 692. The van der Waals surface area contributed by atoms with Gasteiger partial charge in [0.25, 0.3) is 0 Å². The van der Waals surface area contributed by atoms with Crippen molar-refractivity contribution in [2.75, 3.05) is 12.0 Å². The summed E-state index contributed by atoms with van der Waals surface area (Å²) in [4.78, 5) is 1.18. The van der Waals surface area contributed by atoms with Gasteiger partial charge in [-0.2, -0.15) is 4.57 Å². The van der Waals surface area contributed by atoms with Gasteiger partial charge in [0.15, 0.2) is 6.54 Å². The molecule has 7 heteroatoms. The summed E-state index contributed by atoms with van der Waals surface area (Å²) in [5.74, 6) is -0.307. The van der Waals surface area contributed by atoms with Gasteiger partial charge in [-0.1, -0.05) is 11.3 Å². The fourth-order valence-corrected chi connectivity index (χ4v) is 3.93. The van der Waals surface area contributed by atoms with E-state index >= 15 is 0 Å². The van der Waals surface area contributed by atoms with Crippen LogP contribution in [-0.2, 0) is 16.7 Å². The molecule has 0 spiro atoms. The first-order chi connectivity index (χ1) is 8.90. The predicted octanol–water partition coefficient (Wildman–Crippen LogP) is 2.15. The first-order valence-corrected chi connectivity index (χ1v) is 9.43. The zero-order valence-electron chi connectivity index (χ0n) is 10.8. The molecule has 0 amide bonds. The number of nitrogens with zero attached hydrogens (tertiary/aromatic N) is 1. The summed E-state index contributed by atoms with van der Waals surface area (Å²) >= 11 is 3.36. The second kappa shape index (κ2) is 5.78. The topological polar surface area (TPSA) is 61.1 Å². The molecular formula is C12H15NO3S3. The van der Waals surface area contributed by atoms with Crippen LogP contribution in [0.5, 0.6) is 0 Å². The minimum Gasteiger partial charge on any atom is -0.748 e. The summed E-state index contributed by atoms with van der Waals surface area (Å²) in [6, 6.07) is 6.27. The number of rotatable bonds is 5. The van der Waals surface area contributed by atoms with E-state index in [4.69, 9.17) is 0 Å². The third kappa shape index (κ3) is 3.68. The molecule has 4 nitrogen and oxygen atoms in total. The first kappa shape index (κ1) is 14.8. The normalized spacial score (nSPS) is 12.2. The molecule has 0 aliphatic heterocycles. The molecule has 2 rings (SSSR count). The number of benzene rings is 1. The van der Waals surface area contributed by atoms with Crippen LogP contribution in [0.15, 0.2) is 23.1 Å². The lowest BCUT2D eigenvalue weighted by Gasteiger charge is -2.04. The molecule has 19 heavy (non-hydrogen) atoms. The molecular weight excluding hydrogens is 302 g/mol. The average Bonchev–Trinajstić information content (AvgIpc) is 2.63. The van der Waals surface area contributed by atoms with Crippen LogP contribution in [0.25, 0.3) is 10.2 Å². The lowest BCUT2D eigenvalue weighted by Crippen LogP contribution is -2.35. The number of thioether (sulfide) groups is 1. The summed E-state index contributed by atoms with van der Waals surface area (Å²) in [6.07, 6.45) is 2.38. The van der Waals surface area contributed by atoms with Gasteiger partial charge >= 0.3 is 0 Å². The van der Waals surface area contributed by atoms with Crippen molar-refractivity contribution >= 4 is 43.4 Å². The molecule has 1 heterocycles. The highest BCUT2D eigenvalue weighted by atomic mass is 32.2. The van der Waals surface area contributed by atoms with Gasteiger partial charge in [0, 0.05) is 30.1 Å². The largest absolute Gasteiger partial charge is 0.748 e. The Morgan fingerprint density at radius 1 is 1.42 bits per heavy atom. The number of aryl methyl sites for hydroxylation is 2. The van der Waals surface area contributed by atoms with Crippen molar-refractivity contribution in [3.8, 4) is 0 Å². The fraction of sp³-hybridized carbons (Fsp3) is 0.417. The number of thiazole rings is 1. The molecule has 0 unspecified atom stereocenters. The van der Waals surface area contributed by atoms with Gasteiger partial charge in [-0.05, 0) is 18.4 Å². The van der Waals surface area contributed by atoms with Gasteiger partial charge in [0.1, 0.15) is 4.70 Å². The smallest absolute Gasteiger partial charge is 0.235 e. The van der Waals surface area contributed by atoms with Crippen molar-refractivity contribution in [1.29, 1.82) is 0 Å². The third-order valence-electron chi connectivity index (χ3n) is 2.87. The van der Waals surface area contributed by atoms with E-state index in [1.807, 2.05) is 13.2 Å². The molecule has 0 aliphatic rings. The molecule has 0 fully saturated rings. The van der Waals surface area contributed by atoms with Crippen LogP contribution in [-0.4, -0.2) is 25.0 Å². The van der Waals surface area contributed by atoms with Gasteiger partial charge < -0.3 is 4.55 Å². The van der Waals surface area contributed by atoms with Crippen LogP contribution in [0.1, 0.15) is 11.4 Å². The summed E-state index contributed by atoms with van der Waals surface area (Å²) in [5, 5.41) is 1.12. The van der Waals surface area contributed by atoms with Crippen LogP contribution >= 0.6 is 23.1 Å². The predicted molar refractivity (Wildman–Crippen MR) is 77.7 cm³/mol. The molecule has 0 saturated carbocycles. The molecule has 0 N–H and O–H groups in total. The van der Waals surface area contributed by atoms with Crippen molar-refractivity contribution < 1.29 is 17.5 Å². The second-order valence-electron chi connectivity index (χ2n) is 4.22. The lowest BCUT2D eigenvalue weighted by atomic mass is 10.3. The maximum atomic E-state index is 10.6. The van der Waals surface area contributed by atoms with Crippen molar-refractivity contribution in [3.63, 3.8) is 0 Å². The van der Waals surface area contributed by atoms with Crippen molar-refractivity contribution in [1.82, 2.24) is 0 Å². The SMILES string of the molecule is CSc1ccc2sc(C)[n+](CCCS(=O)(=O)[O-])c2c1. The highest BCUT2D eigenvalue weighted by Gasteiger charge is 2.17. The molecule has 0 bridgehead atoms. The fourth-order valence-electron chi connectivity index (χ4n) is 1.98. The van der Waals surface area contributed by atoms with Gasteiger partial charge in [-0.25, -0.2) is 8.42 Å². The van der Waals surface area contributed by atoms with Gasteiger partial charge in [-0.3, -0.25) is 0 Å². The standard InChI is InChI=1S/C12H15NO3S3/c1-9-13(6-3-7-19(14,15)16)11-8-10(17-2)4-5-12(11)18-9/h4-5,8H,3,6-7H2,1-2H3. The number of hydrogen-bond donors (Lipinski definition) is 0. The zero-order valence-corrected chi connectivity index (χ0v) is 13.2. The Kier molecular flexibility index (Phi) is 4.50. The van der Waals surface area contributed by atoms with Crippen LogP contribution in [0.4, 0.5) is 0 Å². The summed E-state index contributed by atoms with van der Waals surface area (Å²) in [7, 11) is -4.12. The maximum Gasteiger partial charge on any atom is 0.235 e. The molecule has 1 aromatic carbocycles. The highest BCUT2D eigenvalue weighted by molar-refractivity contribution is 7.98. The Morgan fingerprint density at radius 2 is 2.16 bits per heavy atom. The first-order valence-electron chi connectivity index (χ1n) is 5.81. The zero-order chi connectivity index (χ0) is 14.0. The van der Waals surface area contributed by atoms with Gasteiger partial charge in [-0.15, -0.1) is 11.8 Å². The Morgan fingerprint density at radius 3 is 2.79 bits per heavy atom. The van der Waals surface area contributed by atoms with E-state index in [0.717, 1.165) is 10.5 Å². The van der Waals surface area contributed by atoms with Crippen molar-refractivity contribution in [2.24, 2.45) is 0 Å². The van der Waals surface area contributed by atoms with E-state index in [2.05, 4.69) is 22.8 Å². The lowest BCUT2D eigenvalue weighted by molar-refractivity contribution is -0.672. The van der Waals surface area contributed by atoms with E-state index in [1.54, 1.807) is 23.1 Å². The van der Waals surface area contributed by atoms with Crippen LogP contribution in [0, 0.1) is 6.92 Å². The Hall–Kier alpha value is -0.630. The summed E-state index contributed by atoms with van der Waals surface area (Å²) in [6.45, 7) is 2.57. The van der Waals surface area contributed by atoms with Gasteiger partial charge in [0.2, 0.25) is 10.5 Å². The molecule has 2 aromatic rings. The minimum absolute atomic E-state index is 0.307. The van der Waals surface area contributed by atoms with Gasteiger partial charge in [0.05, 0.1) is 10.1 Å². The van der Waals surface area contributed by atoms with E-state index in [0.29, 0.717) is 13.0 Å². The van der Waals surface area contributed by atoms with Crippen molar-refractivity contribution in [3.05, 3.63) is 23.2 Å². The molecule has 104 valence electrons. The van der Waals surface area contributed by atoms with E-state index in [-0.39, 0.29) is 5.75 Å². The Labute approximate surface area is 121 Å². The minimum atomic E-state index is -4.12. The third-order valence-corrected chi connectivity index (χ3v) is 5.47. The quantitative estimate of drug-likeness (QED) is 0.482. The van der Waals surface area contributed by atoms with Crippen LogP contribution < -0.4 is 4.57 Å². The molecule has 0 atom stereocenters. The van der Waals surface area contributed by atoms with E-state index in [1.165, 1.54) is 9.60 Å². The van der Waals surface area contributed by atoms with Crippen LogP contribution in [0.3, 0.4) is 0 Å². The Balaban J connectivity index is 2.28. The number of aromatic nitrogens is 1. The average molecular weight is 317 g/mol. The summed E-state index contributed by atoms with van der Waals surface area (Å²) in [5.41, 5.74) is 1.11. The molecule has 0 radical (unpaired) electrons. The highest BCUT2D eigenvalue weighted by Crippen LogP contribution is 2.25. The van der Waals surface area contributed by atoms with E-state index < -0.39 is 10.1 Å². The van der Waals surface area contributed by atoms with E-state index in [9.17, 15) is 13.0 Å². The number of fused-ring (bicyclic) bond motifs is 1. The molecule has 0 aliphatic carbocycles. The number of hydrogen-bond acceptors (Lipinski definition) is 5. The summed E-state index contributed by atoms with van der Waals surface area (Å²) < 4.78 is 35.2. The molecule has 1 aromatic heterocycles. The van der Waals surface area contributed by atoms with Crippen LogP contribution in [0.2, 0.25) is 0 Å². The van der Waals surface area contributed by atoms with Crippen molar-refractivity contribution in [2.45, 2.75) is 24.8 Å². The monoisotopic (exact) mass is 317 g/mol. The maximum absolute atomic E-state index is 10.6. The second-order valence-corrected chi connectivity index (χ2v) is 7.86. The molecule has 0 saturated heterocycles.